The molecule has 1 fully saturated rings. The molecule has 2 aromatic carbocycles. The van der Waals surface area contributed by atoms with Gasteiger partial charge in [-0.25, -0.2) is 8.42 Å². The first-order valence-electron chi connectivity index (χ1n) is 11.5. The maximum atomic E-state index is 13.3. The van der Waals surface area contributed by atoms with Crippen LogP contribution in [-0.2, 0) is 10.0 Å². The van der Waals surface area contributed by atoms with E-state index in [4.69, 9.17) is 13.9 Å². The van der Waals surface area contributed by atoms with E-state index in [1.807, 2.05) is 38.1 Å². The molecule has 0 N–H and O–H groups in total. The van der Waals surface area contributed by atoms with Crippen LogP contribution in [0, 0.1) is 6.92 Å². The zero-order valence-corrected chi connectivity index (χ0v) is 20.1. The predicted molar refractivity (Wildman–Crippen MR) is 125 cm³/mol. The summed E-state index contributed by atoms with van der Waals surface area (Å²) in [5, 5.41) is 8.43. The van der Waals surface area contributed by atoms with Crippen molar-refractivity contribution in [2.75, 3.05) is 39.4 Å². The second-order valence-electron chi connectivity index (χ2n) is 8.59. The van der Waals surface area contributed by atoms with Crippen LogP contribution in [-0.4, -0.2) is 67.2 Å². The summed E-state index contributed by atoms with van der Waals surface area (Å²) in [4.78, 5) is 2.38. The second-order valence-corrected chi connectivity index (χ2v) is 10.5. The Morgan fingerprint density at radius 3 is 2.35 bits per heavy atom. The van der Waals surface area contributed by atoms with Crippen molar-refractivity contribution < 1.29 is 22.3 Å². The van der Waals surface area contributed by atoms with E-state index >= 15 is 0 Å². The maximum absolute atomic E-state index is 13.3. The third-order valence-electron chi connectivity index (χ3n) is 6.27. The fraction of sp³-hybridized carbons (Fsp3) is 0.417. The lowest BCUT2D eigenvalue weighted by molar-refractivity contribution is 0.129. The molecule has 3 heterocycles. The average molecular weight is 485 g/mol. The maximum Gasteiger partial charge on any atom is 0.247 e. The summed E-state index contributed by atoms with van der Waals surface area (Å²) in [5.74, 6) is 2.07. The van der Waals surface area contributed by atoms with Crippen LogP contribution in [0.4, 0.5) is 0 Å². The van der Waals surface area contributed by atoms with Gasteiger partial charge in [-0.1, -0.05) is 17.7 Å². The van der Waals surface area contributed by atoms with E-state index in [0.717, 1.165) is 17.5 Å². The van der Waals surface area contributed by atoms with E-state index in [2.05, 4.69) is 15.1 Å². The molecule has 9 nitrogen and oxygen atoms in total. The van der Waals surface area contributed by atoms with Crippen LogP contribution in [0.5, 0.6) is 11.5 Å². The highest BCUT2D eigenvalue weighted by molar-refractivity contribution is 7.89. The minimum absolute atomic E-state index is 0.116. The molecule has 3 aromatic rings. The van der Waals surface area contributed by atoms with E-state index in [1.54, 1.807) is 18.2 Å². The second kappa shape index (κ2) is 9.36. The van der Waals surface area contributed by atoms with Crippen LogP contribution in [0.25, 0.3) is 11.5 Å². The molecule has 1 saturated heterocycles. The fourth-order valence-electron chi connectivity index (χ4n) is 4.16. The lowest BCUT2D eigenvalue weighted by Gasteiger charge is -2.36. The van der Waals surface area contributed by atoms with E-state index in [-0.39, 0.29) is 10.9 Å². The van der Waals surface area contributed by atoms with Gasteiger partial charge < -0.3 is 13.9 Å². The highest BCUT2D eigenvalue weighted by atomic mass is 32.2. The minimum Gasteiger partial charge on any atom is -0.490 e. The van der Waals surface area contributed by atoms with Gasteiger partial charge in [-0.05, 0) is 38.1 Å². The molecule has 0 saturated carbocycles. The van der Waals surface area contributed by atoms with Gasteiger partial charge in [0.2, 0.25) is 21.8 Å². The fourth-order valence-corrected chi connectivity index (χ4v) is 5.59. The third-order valence-corrected chi connectivity index (χ3v) is 8.17. The van der Waals surface area contributed by atoms with Crippen molar-refractivity contribution in [3.8, 4) is 23.0 Å². The van der Waals surface area contributed by atoms with Crippen molar-refractivity contribution in [2.24, 2.45) is 0 Å². The van der Waals surface area contributed by atoms with Crippen LogP contribution >= 0.6 is 0 Å². The number of nitrogens with zero attached hydrogens (tertiary/aromatic N) is 4. The molecule has 1 unspecified atom stereocenters. The molecule has 180 valence electrons. The van der Waals surface area contributed by atoms with Crippen molar-refractivity contribution in [2.45, 2.75) is 31.2 Å². The van der Waals surface area contributed by atoms with Gasteiger partial charge in [-0.3, -0.25) is 4.90 Å². The quantitative estimate of drug-likeness (QED) is 0.544. The standard InChI is InChI=1S/C24H28N4O5S/c1-17-4-6-19(7-5-17)24-26-25-23(33-24)18(2)27-10-12-28(13-11-27)34(29,30)20-8-9-21-22(16-20)32-15-3-14-31-21/h4-9,16,18H,3,10-15H2,1-2H3. The first-order valence-corrected chi connectivity index (χ1v) is 12.9. The summed E-state index contributed by atoms with van der Waals surface area (Å²) in [6, 6.07) is 12.6. The molecule has 0 spiro atoms. The zero-order chi connectivity index (χ0) is 23.7. The summed E-state index contributed by atoms with van der Waals surface area (Å²) in [7, 11) is -3.64. The number of benzene rings is 2. The van der Waals surface area contributed by atoms with Crippen LogP contribution in [0.1, 0.15) is 30.8 Å². The van der Waals surface area contributed by atoms with E-state index in [9.17, 15) is 8.42 Å². The Labute approximate surface area is 199 Å². The first kappa shape index (κ1) is 22.8. The molecule has 5 rings (SSSR count). The lowest BCUT2D eigenvalue weighted by Crippen LogP contribution is -2.49. The van der Waals surface area contributed by atoms with Crippen molar-refractivity contribution >= 4 is 10.0 Å². The van der Waals surface area contributed by atoms with Crippen LogP contribution in [0.2, 0.25) is 0 Å². The zero-order valence-electron chi connectivity index (χ0n) is 19.3. The number of ether oxygens (including phenoxy) is 2. The Morgan fingerprint density at radius 1 is 0.912 bits per heavy atom. The summed E-state index contributed by atoms with van der Waals surface area (Å²) in [5.41, 5.74) is 2.04. The highest BCUT2D eigenvalue weighted by Crippen LogP contribution is 2.33. The number of sulfonamides is 1. The van der Waals surface area contributed by atoms with Crippen LogP contribution in [0.3, 0.4) is 0 Å². The molecule has 0 radical (unpaired) electrons. The van der Waals surface area contributed by atoms with E-state index < -0.39 is 10.0 Å². The van der Waals surface area contributed by atoms with Crippen LogP contribution in [0.15, 0.2) is 51.8 Å². The van der Waals surface area contributed by atoms with Gasteiger partial charge in [0.25, 0.3) is 0 Å². The van der Waals surface area contributed by atoms with Crippen molar-refractivity contribution in [3.63, 3.8) is 0 Å². The molecule has 0 amide bonds. The predicted octanol–water partition coefficient (Wildman–Crippen LogP) is 3.27. The van der Waals surface area contributed by atoms with Gasteiger partial charge in [0, 0.05) is 44.2 Å². The number of hydrogen-bond acceptors (Lipinski definition) is 8. The van der Waals surface area contributed by atoms with E-state index in [1.165, 1.54) is 4.31 Å². The summed E-state index contributed by atoms with van der Waals surface area (Å²) in [6.07, 6.45) is 0.767. The number of aromatic nitrogens is 2. The summed E-state index contributed by atoms with van der Waals surface area (Å²) < 4.78 is 45.3. The Balaban J connectivity index is 1.25. The summed E-state index contributed by atoms with van der Waals surface area (Å²) in [6.45, 7) is 6.97. The van der Waals surface area contributed by atoms with Gasteiger partial charge >= 0.3 is 0 Å². The molecular formula is C24H28N4O5S. The lowest BCUT2D eigenvalue weighted by atomic mass is 10.1. The Bertz CT molecular complexity index is 1250. The van der Waals surface area contributed by atoms with Crippen molar-refractivity contribution in [1.29, 1.82) is 0 Å². The minimum atomic E-state index is -3.64. The number of aryl methyl sites for hydroxylation is 1. The van der Waals surface area contributed by atoms with Gasteiger partial charge in [0.1, 0.15) is 0 Å². The van der Waals surface area contributed by atoms with Gasteiger partial charge in [0.15, 0.2) is 11.5 Å². The Kier molecular flexibility index (Phi) is 6.28. The average Bonchev–Trinajstić information content (AvgIpc) is 3.22. The van der Waals surface area contributed by atoms with Crippen molar-refractivity contribution in [3.05, 3.63) is 53.9 Å². The first-order chi connectivity index (χ1) is 16.4. The summed E-state index contributed by atoms with van der Waals surface area (Å²) >= 11 is 0. The number of piperazine rings is 1. The Morgan fingerprint density at radius 2 is 1.62 bits per heavy atom. The smallest absolute Gasteiger partial charge is 0.247 e. The van der Waals surface area contributed by atoms with Gasteiger partial charge in [-0.15, -0.1) is 10.2 Å². The van der Waals surface area contributed by atoms with Crippen molar-refractivity contribution in [1.82, 2.24) is 19.4 Å². The highest BCUT2D eigenvalue weighted by Gasteiger charge is 2.32. The molecule has 0 aliphatic carbocycles. The largest absolute Gasteiger partial charge is 0.490 e. The van der Waals surface area contributed by atoms with Gasteiger partial charge in [-0.2, -0.15) is 4.31 Å². The molecule has 1 atom stereocenters. The Hall–Kier alpha value is -2.95. The third kappa shape index (κ3) is 4.53. The van der Waals surface area contributed by atoms with Gasteiger partial charge in [0.05, 0.1) is 24.2 Å². The molecule has 0 bridgehead atoms. The molecule has 1 aromatic heterocycles. The molecule has 10 heteroatoms. The number of fused-ring (bicyclic) bond motifs is 1. The molecular weight excluding hydrogens is 456 g/mol. The normalized spacial score (nSPS) is 18.4. The molecule has 2 aliphatic heterocycles. The molecule has 34 heavy (non-hydrogen) atoms. The van der Waals surface area contributed by atoms with E-state index in [0.29, 0.717) is 62.7 Å². The topological polar surface area (TPSA) is 98.0 Å². The number of rotatable bonds is 5. The number of hydrogen-bond donors (Lipinski definition) is 0. The molecule has 2 aliphatic rings. The SMILES string of the molecule is Cc1ccc(-c2nnc(C(C)N3CCN(S(=O)(=O)c4ccc5c(c4)OCCCO5)CC3)o2)cc1. The van der Waals surface area contributed by atoms with Crippen LogP contribution < -0.4 is 9.47 Å². The monoisotopic (exact) mass is 484 g/mol.